The predicted octanol–water partition coefficient (Wildman–Crippen LogP) is 6.26. The number of hydrogen-bond donors (Lipinski definition) is 1. The summed E-state index contributed by atoms with van der Waals surface area (Å²) in [5.74, 6) is 1.72. The second-order valence-electron chi connectivity index (χ2n) is 9.22. The summed E-state index contributed by atoms with van der Waals surface area (Å²) in [6.07, 6.45) is -0.471. The van der Waals surface area contributed by atoms with Gasteiger partial charge in [-0.3, -0.25) is 9.29 Å². The number of likely N-dealkylation sites (tertiary alicyclic amines) is 1. The SMILES string of the molecule is CC1=C(c2cc(C#N)ccc2Cl)C(c2ccc(OCCN3CC(CF)C3)cc2)Oc2ccc(O)cc21. The maximum Gasteiger partial charge on any atom is 0.150 e. The zero-order valence-corrected chi connectivity index (χ0v) is 20.6. The molecule has 0 aliphatic carbocycles. The van der Waals surface area contributed by atoms with Crippen molar-refractivity contribution in [2.75, 3.05) is 32.9 Å². The number of alkyl halides is 1. The molecule has 3 aromatic rings. The van der Waals surface area contributed by atoms with Gasteiger partial charge in [-0.2, -0.15) is 5.26 Å². The van der Waals surface area contributed by atoms with Crippen LogP contribution in [0.25, 0.3) is 11.1 Å². The Hall–Kier alpha value is -3.53. The van der Waals surface area contributed by atoms with Gasteiger partial charge in [0.1, 0.15) is 30.0 Å². The molecule has 0 bridgehead atoms. The van der Waals surface area contributed by atoms with E-state index in [0.717, 1.165) is 47.7 Å². The molecule has 1 atom stereocenters. The van der Waals surface area contributed by atoms with E-state index in [1.807, 2.05) is 31.2 Å². The summed E-state index contributed by atoms with van der Waals surface area (Å²) < 4.78 is 25.0. The highest BCUT2D eigenvalue weighted by atomic mass is 35.5. The van der Waals surface area contributed by atoms with Crippen molar-refractivity contribution in [2.24, 2.45) is 5.92 Å². The second-order valence-corrected chi connectivity index (χ2v) is 9.63. The fraction of sp³-hybridized carbons (Fsp3) is 0.276. The van der Waals surface area contributed by atoms with E-state index < -0.39 is 6.10 Å². The minimum absolute atomic E-state index is 0.145. The first-order valence-electron chi connectivity index (χ1n) is 11.9. The number of ether oxygens (including phenoxy) is 2. The van der Waals surface area contributed by atoms with Gasteiger partial charge in [0.15, 0.2) is 0 Å². The van der Waals surface area contributed by atoms with E-state index >= 15 is 0 Å². The summed E-state index contributed by atoms with van der Waals surface area (Å²) >= 11 is 6.61. The zero-order valence-electron chi connectivity index (χ0n) is 19.9. The van der Waals surface area contributed by atoms with Gasteiger partial charge in [0.2, 0.25) is 0 Å². The molecule has 3 aromatic carbocycles. The van der Waals surface area contributed by atoms with E-state index in [2.05, 4.69) is 11.0 Å². The second kappa shape index (κ2) is 10.2. The summed E-state index contributed by atoms with van der Waals surface area (Å²) in [6.45, 7) is 4.61. The lowest BCUT2D eigenvalue weighted by molar-refractivity contribution is 0.0668. The highest BCUT2D eigenvalue weighted by Gasteiger charge is 2.31. The number of nitrogens with zero attached hydrogens (tertiary/aromatic N) is 2. The van der Waals surface area contributed by atoms with Crippen molar-refractivity contribution in [3.63, 3.8) is 0 Å². The first-order valence-corrected chi connectivity index (χ1v) is 12.3. The molecule has 0 spiro atoms. The van der Waals surface area contributed by atoms with Gasteiger partial charge in [0, 0.05) is 47.3 Å². The van der Waals surface area contributed by atoms with Gasteiger partial charge < -0.3 is 14.6 Å². The summed E-state index contributed by atoms with van der Waals surface area (Å²) in [7, 11) is 0. The third-order valence-corrected chi connectivity index (χ3v) is 7.10. The molecular formula is C29H26ClFN2O3. The fourth-order valence-electron chi connectivity index (χ4n) is 4.81. The number of halogens is 2. The van der Waals surface area contributed by atoms with Crippen molar-refractivity contribution < 1.29 is 19.0 Å². The van der Waals surface area contributed by atoms with Gasteiger partial charge in [-0.25, -0.2) is 0 Å². The van der Waals surface area contributed by atoms with E-state index in [4.69, 9.17) is 21.1 Å². The highest BCUT2D eigenvalue weighted by Crippen LogP contribution is 2.48. The Bertz CT molecular complexity index is 1340. The third-order valence-electron chi connectivity index (χ3n) is 6.77. The van der Waals surface area contributed by atoms with Crippen molar-refractivity contribution in [2.45, 2.75) is 13.0 Å². The van der Waals surface area contributed by atoms with Crippen LogP contribution in [-0.4, -0.2) is 42.9 Å². The van der Waals surface area contributed by atoms with Crippen LogP contribution < -0.4 is 9.47 Å². The van der Waals surface area contributed by atoms with Crippen molar-refractivity contribution in [1.82, 2.24) is 4.90 Å². The van der Waals surface area contributed by atoms with Crippen molar-refractivity contribution in [3.8, 4) is 23.3 Å². The van der Waals surface area contributed by atoms with Gasteiger partial charge >= 0.3 is 0 Å². The fourth-order valence-corrected chi connectivity index (χ4v) is 5.03. The standard InChI is InChI=1S/C29H26ClFN2O3/c1-18-24-13-22(34)5-9-27(24)36-29(28(18)25-12-19(15-32)2-8-26(25)30)21-3-6-23(7-4-21)35-11-10-33-16-20(14-31)17-33/h2-9,12-13,20,29,34H,10-11,14,16-17H2,1H3. The van der Waals surface area contributed by atoms with Gasteiger partial charge in [0.25, 0.3) is 0 Å². The Balaban J connectivity index is 1.43. The van der Waals surface area contributed by atoms with E-state index in [9.17, 15) is 14.8 Å². The molecule has 0 aromatic heterocycles. The Morgan fingerprint density at radius 2 is 1.89 bits per heavy atom. The molecule has 1 saturated heterocycles. The van der Waals surface area contributed by atoms with Crippen LogP contribution in [-0.2, 0) is 0 Å². The number of aromatic hydroxyl groups is 1. The Morgan fingerprint density at radius 1 is 1.11 bits per heavy atom. The minimum atomic E-state index is -0.471. The molecular weight excluding hydrogens is 479 g/mol. The molecule has 36 heavy (non-hydrogen) atoms. The normalized spacial score (nSPS) is 17.7. The molecule has 1 fully saturated rings. The number of rotatable bonds is 7. The van der Waals surface area contributed by atoms with E-state index in [1.165, 1.54) is 0 Å². The summed E-state index contributed by atoms with van der Waals surface area (Å²) in [4.78, 5) is 2.18. The Labute approximate surface area is 215 Å². The number of allylic oxidation sites excluding steroid dienone is 1. The van der Waals surface area contributed by atoms with E-state index in [0.29, 0.717) is 28.5 Å². The van der Waals surface area contributed by atoms with Crippen LogP contribution in [0.3, 0.4) is 0 Å². The highest BCUT2D eigenvalue weighted by molar-refractivity contribution is 6.32. The summed E-state index contributed by atoms with van der Waals surface area (Å²) in [6, 6.07) is 20.1. The minimum Gasteiger partial charge on any atom is -0.508 e. The van der Waals surface area contributed by atoms with Crippen LogP contribution in [0.2, 0.25) is 5.02 Å². The van der Waals surface area contributed by atoms with Crippen molar-refractivity contribution in [3.05, 3.63) is 87.9 Å². The maximum absolute atomic E-state index is 12.6. The summed E-state index contributed by atoms with van der Waals surface area (Å²) in [5.41, 5.74) is 4.65. The molecule has 1 unspecified atom stereocenters. The molecule has 2 aliphatic heterocycles. The Kier molecular flexibility index (Phi) is 6.86. The molecule has 2 aliphatic rings. The molecule has 184 valence electrons. The number of phenols is 1. The van der Waals surface area contributed by atoms with Crippen LogP contribution in [0.5, 0.6) is 17.2 Å². The molecule has 5 nitrogen and oxygen atoms in total. The number of nitriles is 1. The zero-order chi connectivity index (χ0) is 25.2. The first-order chi connectivity index (χ1) is 17.5. The van der Waals surface area contributed by atoms with Crippen molar-refractivity contribution >= 4 is 22.7 Å². The molecule has 0 amide bonds. The molecule has 2 heterocycles. The lowest BCUT2D eigenvalue weighted by Gasteiger charge is -2.37. The molecule has 5 rings (SSSR count). The molecule has 0 saturated carbocycles. The quantitative estimate of drug-likeness (QED) is 0.411. The predicted molar refractivity (Wildman–Crippen MR) is 138 cm³/mol. The number of benzene rings is 3. The largest absolute Gasteiger partial charge is 0.508 e. The lowest BCUT2D eigenvalue weighted by atomic mass is 9.85. The van der Waals surface area contributed by atoms with Crippen LogP contribution >= 0.6 is 11.6 Å². The Morgan fingerprint density at radius 3 is 2.61 bits per heavy atom. The van der Waals surface area contributed by atoms with Gasteiger partial charge in [-0.1, -0.05) is 23.7 Å². The summed E-state index contributed by atoms with van der Waals surface area (Å²) in [5, 5.41) is 20.1. The number of phenolic OH excluding ortho intramolecular Hbond substituents is 1. The number of hydrogen-bond acceptors (Lipinski definition) is 5. The van der Waals surface area contributed by atoms with Crippen LogP contribution in [0.15, 0.2) is 60.7 Å². The molecule has 7 heteroatoms. The van der Waals surface area contributed by atoms with E-state index in [-0.39, 0.29) is 18.3 Å². The van der Waals surface area contributed by atoms with Crippen LogP contribution in [0.1, 0.15) is 35.3 Å². The van der Waals surface area contributed by atoms with Gasteiger partial charge in [-0.15, -0.1) is 0 Å². The van der Waals surface area contributed by atoms with Gasteiger partial charge in [0.05, 0.1) is 18.3 Å². The van der Waals surface area contributed by atoms with E-state index in [1.54, 1.807) is 36.4 Å². The molecule has 1 N–H and O–H groups in total. The monoisotopic (exact) mass is 504 g/mol. The van der Waals surface area contributed by atoms with Crippen LogP contribution in [0.4, 0.5) is 4.39 Å². The third kappa shape index (κ3) is 4.77. The topological polar surface area (TPSA) is 65.7 Å². The lowest BCUT2D eigenvalue weighted by Crippen LogP contribution is -2.49. The first kappa shape index (κ1) is 24.2. The van der Waals surface area contributed by atoms with Crippen LogP contribution in [0, 0.1) is 17.2 Å². The average molecular weight is 505 g/mol. The smallest absolute Gasteiger partial charge is 0.150 e. The number of fused-ring (bicyclic) bond motifs is 1. The molecule has 0 radical (unpaired) electrons. The maximum atomic E-state index is 12.6. The van der Waals surface area contributed by atoms with Gasteiger partial charge in [-0.05, 0) is 66.6 Å². The average Bonchev–Trinajstić information content (AvgIpc) is 2.87. The van der Waals surface area contributed by atoms with Crippen molar-refractivity contribution in [1.29, 1.82) is 5.26 Å².